The van der Waals surface area contributed by atoms with Crippen molar-refractivity contribution in [1.29, 1.82) is 0 Å². The number of nitrogens with zero attached hydrogens (tertiary/aromatic N) is 1. The summed E-state index contributed by atoms with van der Waals surface area (Å²) in [5, 5.41) is -0.183. The average molecular weight is 457 g/mol. The van der Waals surface area contributed by atoms with Crippen molar-refractivity contribution in [3.8, 4) is 0 Å². The minimum absolute atomic E-state index is 0.0177. The van der Waals surface area contributed by atoms with Crippen molar-refractivity contribution >= 4 is 39.1 Å². The van der Waals surface area contributed by atoms with Crippen LogP contribution >= 0.6 is 11.8 Å². The first-order valence-electron chi connectivity index (χ1n) is 9.64. The molecule has 3 aromatic carbocycles. The van der Waals surface area contributed by atoms with E-state index in [0.717, 1.165) is 34.5 Å². The number of halogens is 1. The molecule has 5 nitrogen and oxygen atoms in total. The minimum Gasteiger partial charge on any atom is -0.295 e. The number of anilines is 2. The summed E-state index contributed by atoms with van der Waals surface area (Å²) in [5.41, 5.74) is 4.42. The third-order valence-corrected chi connectivity index (χ3v) is 7.82. The van der Waals surface area contributed by atoms with Gasteiger partial charge >= 0.3 is 0 Å². The van der Waals surface area contributed by atoms with E-state index >= 15 is 0 Å². The Bertz CT molecular complexity index is 1230. The van der Waals surface area contributed by atoms with Crippen molar-refractivity contribution in [1.82, 2.24) is 0 Å². The molecule has 3 aromatic rings. The molecular formula is C23H21FN2O3S2. The molecule has 0 spiro atoms. The van der Waals surface area contributed by atoms with Gasteiger partial charge in [0.15, 0.2) is 0 Å². The van der Waals surface area contributed by atoms with Gasteiger partial charge in [0.2, 0.25) is 5.91 Å². The third-order valence-electron chi connectivity index (χ3n) is 5.21. The van der Waals surface area contributed by atoms with Crippen molar-refractivity contribution in [3.05, 3.63) is 89.2 Å². The Hall–Kier alpha value is -2.84. The van der Waals surface area contributed by atoms with Crippen LogP contribution < -0.4 is 9.62 Å². The van der Waals surface area contributed by atoms with Crippen LogP contribution in [-0.2, 0) is 14.8 Å². The maximum absolute atomic E-state index is 13.1. The van der Waals surface area contributed by atoms with Crippen molar-refractivity contribution in [3.63, 3.8) is 0 Å². The second-order valence-corrected chi connectivity index (χ2v) is 10.1. The van der Waals surface area contributed by atoms with Gasteiger partial charge in [-0.1, -0.05) is 18.2 Å². The van der Waals surface area contributed by atoms with Gasteiger partial charge in [-0.3, -0.25) is 14.4 Å². The molecule has 8 heteroatoms. The van der Waals surface area contributed by atoms with Crippen LogP contribution in [0.1, 0.15) is 22.1 Å². The Morgan fingerprint density at radius 1 is 0.968 bits per heavy atom. The molecule has 1 fully saturated rings. The summed E-state index contributed by atoms with van der Waals surface area (Å²) in [7, 11) is -3.82. The second-order valence-electron chi connectivity index (χ2n) is 7.38. The lowest BCUT2D eigenvalue weighted by Gasteiger charge is -2.25. The Balaban J connectivity index is 1.56. The first-order chi connectivity index (χ1) is 14.7. The SMILES string of the molecule is Cc1ccc(N2C(=O)CSC2c2ccc(NS(=O)(=O)c3ccc(F)cc3)cc2)cc1C. The molecule has 0 radical (unpaired) electrons. The van der Waals surface area contributed by atoms with Crippen molar-refractivity contribution in [2.75, 3.05) is 15.4 Å². The van der Waals surface area contributed by atoms with Crippen molar-refractivity contribution in [2.24, 2.45) is 0 Å². The number of benzene rings is 3. The first kappa shape index (κ1) is 21.4. The fourth-order valence-electron chi connectivity index (χ4n) is 3.37. The predicted octanol–water partition coefficient (Wildman–Crippen LogP) is 5.02. The number of carbonyl (C=O) groups is 1. The lowest BCUT2D eigenvalue weighted by molar-refractivity contribution is -0.115. The molecule has 0 saturated carbocycles. The molecule has 0 aromatic heterocycles. The van der Waals surface area contributed by atoms with E-state index in [-0.39, 0.29) is 16.2 Å². The lowest BCUT2D eigenvalue weighted by atomic mass is 10.1. The van der Waals surface area contributed by atoms with Gasteiger partial charge in [0.05, 0.1) is 10.6 Å². The van der Waals surface area contributed by atoms with Crippen LogP contribution in [0.5, 0.6) is 0 Å². The number of nitrogens with one attached hydrogen (secondary N) is 1. The molecule has 1 amide bonds. The first-order valence-corrected chi connectivity index (χ1v) is 12.2. The minimum atomic E-state index is -3.82. The van der Waals surface area contributed by atoms with Crippen LogP contribution in [0, 0.1) is 19.7 Å². The van der Waals surface area contributed by atoms with Crippen LogP contribution in [-0.4, -0.2) is 20.1 Å². The largest absolute Gasteiger partial charge is 0.295 e. The Morgan fingerprint density at radius 3 is 2.29 bits per heavy atom. The van der Waals surface area contributed by atoms with E-state index in [9.17, 15) is 17.6 Å². The van der Waals surface area contributed by atoms with Crippen LogP contribution in [0.4, 0.5) is 15.8 Å². The molecule has 160 valence electrons. The normalized spacial score (nSPS) is 16.5. The smallest absolute Gasteiger partial charge is 0.261 e. The number of thioether (sulfide) groups is 1. The molecule has 4 rings (SSSR count). The Morgan fingerprint density at radius 2 is 1.65 bits per heavy atom. The van der Waals surface area contributed by atoms with E-state index in [2.05, 4.69) is 4.72 Å². The standard InChI is InChI=1S/C23H21FN2O3S2/c1-15-3-10-20(13-16(15)2)26-22(27)14-30-23(26)17-4-8-19(9-5-17)25-31(28,29)21-11-6-18(24)7-12-21/h3-13,23,25H,14H2,1-2H3. The summed E-state index contributed by atoms with van der Waals surface area (Å²) in [6.45, 7) is 4.05. The van der Waals surface area contributed by atoms with E-state index < -0.39 is 15.8 Å². The van der Waals surface area contributed by atoms with Crippen molar-refractivity contribution < 1.29 is 17.6 Å². The van der Waals surface area contributed by atoms with Gasteiger partial charge in [-0.15, -0.1) is 11.8 Å². The molecule has 1 N–H and O–H groups in total. The fraction of sp³-hybridized carbons (Fsp3) is 0.174. The maximum Gasteiger partial charge on any atom is 0.261 e. The maximum atomic E-state index is 13.1. The van der Waals surface area contributed by atoms with Crippen LogP contribution in [0.2, 0.25) is 0 Å². The molecule has 0 aliphatic carbocycles. The van der Waals surface area contributed by atoms with Gasteiger partial charge in [-0.05, 0) is 79.1 Å². The Kier molecular flexibility index (Phi) is 5.77. The molecule has 31 heavy (non-hydrogen) atoms. The van der Waals surface area contributed by atoms with Gasteiger partial charge in [0, 0.05) is 11.4 Å². The second kappa shape index (κ2) is 8.36. The molecule has 1 heterocycles. The number of rotatable bonds is 5. The Labute approximate surface area is 185 Å². The summed E-state index contributed by atoms with van der Waals surface area (Å²) < 4.78 is 40.6. The van der Waals surface area contributed by atoms with Crippen LogP contribution in [0.3, 0.4) is 0 Å². The number of hydrogen-bond donors (Lipinski definition) is 1. The summed E-state index contributed by atoms with van der Waals surface area (Å²) in [4.78, 5) is 14.3. The summed E-state index contributed by atoms with van der Waals surface area (Å²) in [5.74, 6) is -0.0733. The third kappa shape index (κ3) is 4.45. The quantitative estimate of drug-likeness (QED) is 0.585. The molecule has 1 saturated heterocycles. The zero-order valence-corrected chi connectivity index (χ0v) is 18.6. The molecule has 1 atom stereocenters. The van der Waals surface area contributed by atoms with E-state index in [1.165, 1.54) is 23.9 Å². The molecule has 1 unspecified atom stereocenters. The molecule has 1 aliphatic heterocycles. The van der Waals surface area contributed by atoms with Gasteiger partial charge in [0.1, 0.15) is 11.2 Å². The van der Waals surface area contributed by atoms with E-state index in [1.807, 2.05) is 44.2 Å². The number of carbonyl (C=O) groups excluding carboxylic acids is 1. The van der Waals surface area contributed by atoms with Crippen LogP contribution in [0.15, 0.2) is 71.6 Å². The summed E-state index contributed by atoms with van der Waals surface area (Å²) >= 11 is 1.54. The van der Waals surface area contributed by atoms with E-state index in [0.29, 0.717) is 11.4 Å². The van der Waals surface area contributed by atoms with Crippen molar-refractivity contribution in [2.45, 2.75) is 24.1 Å². The lowest BCUT2D eigenvalue weighted by Crippen LogP contribution is -2.27. The van der Waals surface area contributed by atoms with Crippen LogP contribution in [0.25, 0.3) is 0 Å². The molecular weight excluding hydrogens is 435 g/mol. The predicted molar refractivity (Wildman–Crippen MR) is 122 cm³/mol. The highest BCUT2D eigenvalue weighted by Crippen LogP contribution is 2.42. The van der Waals surface area contributed by atoms with E-state index in [1.54, 1.807) is 17.0 Å². The molecule has 0 bridgehead atoms. The zero-order chi connectivity index (χ0) is 22.2. The monoisotopic (exact) mass is 456 g/mol. The highest BCUT2D eigenvalue weighted by molar-refractivity contribution is 8.00. The number of aryl methyl sites for hydroxylation is 2. The zero-order valence-electron chi connectivity index (χ0n) is 17.0. The number of amides is 1. The molecule has 1 aliphatic rings. The average Bonchev–Trinajstić information content (AvgIpc) is 3.12. The highest BCUT2D eigenvalue weighted by Gasteiger charge is 2.34. The van der Waals surface area contributed by atoms with Gasteiger partial charge < -0.3 is 0 Å². The fourth-order valence-corrected chi connectivity index (χ4v) is 5.60. The van der Waals surface area contributed by atoms with Gasteiger partial charge in [-0.2, -0.15) is 0 Å². The van der Waals surface area contributed by atoms with Gasteiger partial charge in [-0.25, -0.2) is 12.8 Å². The summed E-state index contributed by atoms with van der Waals surface area (Å²) in [6.07, 6.45) is 0. The number of sulfonamides is 1. The van der Waals surface area contributed by atoms with Gasteiger partial charge in [0.25, 0.3) is 10.0 Å². The summed E-state index contributed by atoms with van der Waals surface area (Å²) in [6, 6.07) is 17.6. The number of hydrogen-bond acceptors (Lipinski definition) is 4. The highest BCUT2D eigenvalue weighted by atomic mass is 32.2. The topological polar surface area (TPSA) is 66.5 Å². The van der Waals surface area contributed by atoms with E-state index in [4.69, 9.17) is 0 Å².